The molecule has 3 saturated heterocycles. The standard InChI is InChI=1S/C28H34O9/c1-14(29)34-19-12-20(31)36-24(2,3)17-11-18(30)27(6)16(26(17,19)5)7-9-25(4)21(15-8-10-33-13-15)35-23(32)22-28(25,27)37-22/h8,10,13,16-17,19,21-22H,7,9,11-12H2,1-6H3/t16?,17-,19+,21-,22+,25-,26+,27-,28+/m0/s1. The Morgan fingerprint density at radius 2 is 1.76 bits per heavy atom. The first kappa shape index (κ1) is 24.6. The SMILES string of the molecule is CC(=O)O[C@@H]1CC(=O)OC(C)(C)[C@@H]2CC(=O)[C@]3(C)C(CC[C@@]4(C)[C@H](c5ccoc5)OC(=O)[C@H]5O[C@]543)[C@@]12C. The van der Waals surface area contributed by atoms with E-state index < -0.39 is 63.7 Å². The number of rotatable bonds is 2. The van der Waals surface area contributed by atoms with Crippen molar-refractivity contribution >= 4 is 23.7 Å². The second-order valence-electron chi connectivity index (χ2n) is 12.7. The van der Waals surface area contributed by atoms with Crippen LogP contribution in [0.1, 0.15) is 78.9 Å². The lowest BCUT2D eigenvalue weighted by molar-refractivity contribution is -0.234. The summed E-state index contributed by atoms with van der Waals surface area (Å²) in [5.74, 6) is -2.18. The van der Waals surface area contributed by atoms with E-state index in [1.54, 1.807) is 12.3 Å². The number of fused-ring (bicyclic) bond motifs is 3. The molecule has 200 valence electrons. The average molecular weight is 515 g/mol. The van der Waals surface area contributed by atoms with Gasteiger partial charge in [0.1, 0.15) is 29.2 Å². The molecule has 1 aromatic heterocycles. The topological polar surface area (TPSA) is 122 Å². The molecule has 1 aromatic rings. The molecule has 9 atom stereocenters. The van der Waals surface area contributed by atoms with Crippen LogP contribution in [0.4, 0.5) is 0 Å². The van der Waals surface area contributed by atoms with Crippen LogP contribution in [0.2, 0.25) is 0 Å². The van der Waals surface area contributed by atoms with E-state index >= 15 is 0 Å². The Labute approximate surface area is 215 Å². The minimum Gasteiger partial charge on any atom is -0.472 e. The van der Waals surface area contributed by atoms with Crippen LogP contribution < -0.4 is 0 Å². The molecule has 2 aliphatic carbocycles. The highest BCUT2D eigenvalue weighted by Crippen LogP contribution is 2.78. The predicted molar refractivity (Wildman–Crippen MR) is 126 cm³/mol. The molecule has 3 aliphatic heterocycles. The third kappa shape index (κ3) is 2.79. The summed E-state index contributed by atoms with van der Waals surface area (Å²) >= 11 is 0. The van der Waals surface area contributed by atoms with Crippen LogP contribution in [0.15, 0.2) is 23.0 Å². The molecule has 4 heterocycles. The molecule has 0 radical (unpaired) electrons. The zero-order chi connectivity index (χ0) is 26.8. The highest BCUT2D eigenvalue weighted by atomic mass is 16.7. The van der Waals surface area contributed by atoms with Gasteiger partial charge in [0.25, 0.3) is 0 Å². The summed E-state index contributed by atoms with van der Waals surface area (Å²) in [7, 11) is 0. The second kappa shape index (κ2) is 7.24. The number of epoxide rings is 1. The van der Waals surface area contributed by atoms with Crippen LogP contribution in [0, 0.1) is 28.1 Å². The molecule has 6 rings (SSSR count). The quantitative estimate of drug-likeness (QED) is 0.330. The van der Waals surface area contributed by atoms with Crippen molar-refractivity contribution < 1.29 is 42.5 Å². The van der Waals surface area contributed by atoms with E-state index in [0.717, 1.165) is 5.56 Å². The molecule has 0 N–H and O–H groups in total. The molecule has 5 fully saturated rings. The van der Waals surface area contributed by atoms with E-state index in [1.165, 1.54) is 13.2 Å². The lowest BCUT2D eigenvalue weighted by atomic mass is 9.37. The fourth-order valence-corrected chi connectivity index (χ4v) is 9.24. The average Bonchev–Trinajstić information content (AvgIpc) is 3.38. The van der Waals surface area contributed by atoms with Gasteiger partial charge in [-0.05, 0) is 45.6 Å². The van der Waals surface area contributed by atoms with Crippen molar-refractivity contribution in [2.75, 3.05) is 0 Å². The number of cyclic esters (lactones) is 2. The van der Waals surface area contributed by atoms with Crippen molar-refractivity contribution in [1.29, 1.82) is 0 Å². The summed E-state index contributed by atoms with van der Waals surface area (Å²) in [5.41, 5.74) is -3.88. The second-order valence-corrected chi connectivity index (χ2v) is 12.7. The highest BCUT2D eigenvalue weighted by molar-refractivity contribution is 5.93. The maximum absolute atomic E-state index is 14.4. The summed E-state index contributed by atoms with van der Waals surface area (Å²) in [6.07, 6.45) is 2.06. The van der Waals surface area contributed by atoms with E-state index in [2.05, 4.69) is 0 Å². The molecule has 37 heavy (non-hydrogen) atoms. The van der Waals surface area contributed by atoms with Gasteiger partial charge in [-0.15, -0.1) is 0 Å². The summed E-state index contributed by atoms with van der Waals surface area (Å²) in [4.78, 5) is 52.7. The zero-order valence-corrected chi connectivity index (χ0v) is 22.1. The molecule has 9 nitrogen and oxygen atoms in total. The number of carbonyl (C=O) groups is 4. The Morgan fingerprint density at radius 3 is 2.41 bits per heavy atom. The first-order chi connectivity index (χ1) is 17.2. The molecule has 0 amide bonds. The lowest BCUT2D eigenvalue weighted by Crippen LogP contribution is -2.72. The summed E-state index contributed by atoms with van der Waals surface area (Å²) in [6, 6.07) is 1.78. The molecule has 0 aromatic carbocycles. The highest BCUT2D eigenvalue weighted by Gasteiger charge is 2.88. The smallest absolute Gasteiger partial charge is 0.339 e. The Hall–Kier alpha value is -2.68. The number of hydrogen-bond acceptors (Lipinski definition) is 9. The van der Waals surface area contributed by atoms with E-state index in [4.69, 9.17) is 23.4 Å². The summed E-state index contributed by atoms with van der Waals surface area (Å²) in [5, 5.41) is 0. The first-order valence-corrected chi connectivity index (χ1v) is 13.1. The predicted octanol–water partition coefficient (Wildman–Crippen LogP) is 3.69. The maximum Gasteiger partial charge on any atom is 0.339 e. The van der Waals surface area contributed by atoms with Crippen molar-refractivity contribution in [3.63, 3.8) is 0 Å². The number of ether oxygens (including phenoxy) is 4. The number of esters is 3. The molecule has 0 bridgehead atoms. The number of furan rings is 1. The molecule has 9 heteroatoms. The number of ketones is 1. The van der Waals surface area contributed by atoms with Crippen LogP contribution in [0.25, 0.3) is 0 Å². The molecule has 1 unspecified atom stereocenters. The fourth-order valence-electron chi connectivity index (χ4n) is 9.24. The van der Waals surface area contributed by atoms with Gasteiger partial charge in [0.15, 0.2) is 6.10 Å². The van der Waals surface area contributed by atoms with Crippen molar-refractivity contribution in [2.45, 2.75) is 96.7 Å². The van der Waals surface area contributed by atoms with E-state index in [1.807, 2.05) is 34.6 Å². The lowest BCUT2D eigenvalue weighted by Gasteiger charge is -2.66. The van der Waals surface area contributed by atoms with E-state index in [-0.39, 0.29) is 30.5 Å². The van der Waals surface area contributed by atoms with E-state index in [9.17, 15) is 19.2 Å². The molecule has 5 aliphatic rings. The minimum absolute atomic E-state index is 0.0263. The zero-order valence-electron chi connectivity index (χ0n) is 22.1. The normalized spacial score (nSPS) is 47.7. The molecule has 1 spiro atoms. The van der Waals surface area contributed by atoms with E-state index in [0.29, 0.717) is 12.8 Å². The van der Waals surface area contributed by atoms with Crippen LogP contribution in [0.5, 0.6) is 0 Å². The molecular formula is C28H34O9. The van der Waals surface area contributed by atoms with Gasteiger partial charge in [0, 0.05) is 35.7 Å². The summed E-state index contributed by atoms with van der Waals surface area (Å²) < 4.78 is 29.3. The van der Waals surface area contributed by atoms with Crippen LogP contribution in [0.3, 0.4) is 0 Å². The van der Waals surface area contributed by atoms with Gasteiger partial charge in [0.2, 0.25) is 0 Å². The largest absolute Gasteiger partial charge is 0.472 e. The van der Waals surface area contributed by atoms with Gasteiger partial charge in [-0.25, -0.2) is 4.79 Å². The Balaban J connectivity index is 1.54. The van der Waals surface area contributed by atoms with Crippen LogP contribution in [-0.4, -0.2) is 47.1 Å². The number of carbonyl (C=O) groups excluding carboxylic acids is 4. The maximum atomic E-state index is 14.4. The van der Waals surface area contributed by atoms with Crippen molar-refractivity contribution in [2.24, 2.45) is 28.1 Å². The van der Waals surface area contributed by atoms with Gasteiger partial charge >= 0.3 is 17.9 Å². The van der Waals surface area contributed by atoms with Gasteiger partial charge in [-0.2, -0.15) is 0 Å². The number of hydrogen-bond donors (Lipinski definition) is 0. The van der Waals surface area contributed by atoms with Gasteiger partial charge in [0.05, 0.1) is 24.4 Å². The first-order valence-electron chi connectivity index (χ1n) is 13.1. The minimum atomic E-state index is -1.09. The van der Waals surface area contributed by atoms with Crippen molar-refractivity contribution in [1.82, 2.24) is 0 Å². The monoisotopic (exact) mass is 514 g/mol. The number of Topliss-reactive ketones (excluding diaryl/α,β-unsaturated/α-hetero) is 1. The van der Waals surface area contributed by atoms with Crippen molar-refractivity contribution in [3.05, 3.63) is 24.2 Å². The molecule has 2 saturated carbocycles. The van der Waals surface area contributed by atoms with Crippen LogP contribution in [-0.2, 0) is 38.1 Å². The third-order valence-corrected chi connectivity index (χ3v) is 10.8. The Morgan fingerprint density at radius 1 is 1.03 bits per heavy atom. The van der Waals surface area contributed by atoms with Crippen LogP contribution >= 0.6 is 0 Å². The van der Waals surface area contributed by atoms with Gasteiger partial charge in [-0.1, -0.05) is 13.8 Å². The van der Waals surface area contributed by atoms with Crippen molar-refractivity contribution in [3.8, 4) is 0 Å². The van der Waals surface area contributed by atoms with Gasteiger partial charge in [-0.3, -0.25) is 14.4 Å². The summed E-state index contributed by atoms with van der Waals surface area (Å²) in [6.45, 7) is 11.0. The Bertz CT molecular complexity index is 1200. The fraction of sp³-hybridized carbons (Fsp3) is 0.714. The third-order valence-electron chi connectivity index (χ3n) is 10.8. The molecular weight excluding hydrogens is 480 g/mol. The Kier molecular flexibility index (Phi) is 4.82. The van der Waals surface area contributed by atoms with Gasteiger partial charge < -0.3 is 23.4 Å².